The second-order valence-electron chi connectivity index (χ2n) is 8.63. The summed E-state index contributed by atoms with van der Waals surface area (Å²) in [5.74, 6) is -0.796. The van der Waals surface area contributed by atoms with Crippen LogP contribution in [0.2, 0.25) is 5.02 Å². The molecule has 1 N–H and O–H groups in total. The number of benzene rings is 2. The van der Waals surface area contributed by atoms with E-state index in [0.29, 0.717) is 43.2 Å². The molecule has 0 radical (unpaired) electrons. The number of carbonyl (C=O) groups excluding carboxylic acids is 1. The molecule has 2 aromatic rings. The summed E-state index contributed by atoms with van der Waals surface area (Å²) in [5.41, 5.74) is 0.472. The van der Waals surface area contributed by atoms with Crippen molar-refractivity contribution in [3.63, 3.8) is 0 Å². The Morgan fingerprint density at radius 2 is 1.29 bits per heavy atom. The topological polar surface area (TPSA) is 104 Å². The number of hydrogen-bond acceptors (Lipinski definition) is 5. The van der Waals surface area contributed by atoms with Crippen LogP contribution in [-0.2, 0) is 24.8 Å². The van der Waals surface area contributed by atoms with Crippen LogP contribution in [0.5, 0.6) is 0 Å². The Balaban J connectivity index is 1.41. The van der Waals surface area contributed by atoms with Gasteiger partial charge in [-0.05, 0) is 74.2 Å². The standard InChI is InChI=1S/C23H28ClN3O5S2/c24-19-6-10-21(11-7-19)34(31,32)27-16-4-5-18(17-27)23(28)25-20-8-12-22(13-9-20)33(29,30)26-14-2-1-3-15-26/h6-13,18H,1-5,14-17H2,(H,25,28)/t18-/m0/s1. The van der Waals surface area contributed by atoms with E-state index in [9.17, 15) is 21.6 Å². The molecular weight excluding hydrogens is 498 g/mol. The molecule has 0 unspecified atom stereocenters. The maximum atomic E-state index is 13.0. The molecule has 2 heterocycles. The molecule has 2 fully saturated rings. The lowest BCUT2D eigenvalue weighted by Gasteiger charge is -2.31. The van der Waals surface area contributed by atoms with Crippen LogP contribution >= 0.6 is 11.6 Å². The van der Waals surface area contributed by atoms with Gasteiger partial charge in [0.2, 0.25) is 26.0 Å². The molecule has 8 nitrogen and oxygen atoms in total. The third-order valence-electron chi connectivity index (χ3n) is 6.28. The average molecular weight is 526 g/mol. The summed E-state index contributed by atoms with van der Waals surface area (Å²) in [6.07, 6.45) is 3.90. The number of carbonyl (C=O) groups is 1. The number of nitrogens with one attached hydrogen (secondary N) is 1. The van der Waals surface area contributed by atoms with Crippen molar-refractivity contribution in [2.24, 2.45) is 5.92 Å². The largest absolute Gasteiger partial charge is 0.326 e. The molecule has 0 aromatic heterocycles. The fourth-order valence-corrected chi connectivity index (χ4v) is 7.51. The van der Waals surface area contributed by atoms with Gasteiger partial charge in [0, 0.05) is 36.9 Å². The Morgan fingerprint density at radius 3 is 1.91 bits per heavy atom. The predicted octanol–water partition coefficient (Wildman–Crippen LogP) is 3.55. The van der Waals surface area contributed by atoms with Gasteiger partial charge in [-0.15, -0.1) is 0 Å². The number of sulfonamides is 2. The third-order valence-corrected chi connectivity index (χ3v) is 10.3. The van der Waals surface area contributed by atoms with Crippen molar-refractivity contribution in [2.45, 2.75) is 41.9 Å². The minimum absolute atomic E-state index is 0.0816. The van der Waals surface area contributed by atoms with Crippen LogP contribution in [0.4, 0.5) is 5.69 Å². The maximum absolute atomic E-state index is 13.0. The highest BCUT2D eigenvalue weighted by atomic mass is 35.5. The van der Waals surface area contributed by atoms with Crippen molar-refractivity contribution in [1.82, 2.24) is 8.61 Å². The van der Waals surface area contributed by atoms with E-state index in [2.05, 4.69) is 5.32 Å². The monoisotopic (exact) mass is 525 g/mol. The highest BCUT2D eigenvalue weighted by molar-refractivity contribution is 7.89. The molecule has 2 aliphatic rings. The summed E-state index contributed by atoms with van der Waals surface area (Å²) >= 11 is 5.87. The van der Waals surface area contributed by atoms with Crippen molar-refractivity contribution in [1.29, 1.82) is 0 Å². The number of amides is 1. The van der Waals surface area contributed by atoms with Crippen molar-refractivity contribution in [2.75, 3.05) is 31.5 Å². The molecule has 0 aliphatic carbocycles. The lowest BCUT2D eigenvalue weighted by molar-refractivity contribution is -0.120. The van der Waals surface area contributed by atoms with Gasteiger partial charge in [0.05, 0.1) is 15.7 Å². The van der Waals surface area contributed by atoms with Crippen LogP contribution in [-0.4, -0.2) is 57.5 Å². The van der Waals surface area contributed by atoms with Crippen molar-refractivity contribution in [3.05, 3.63) is 53.6 Å². The van der Waals surface area contributed by atoms with Gasteiger partial charge in [0.15, 0.2) is 0 Å². The first-order chi connectivity index (χ1) is 16.2. The van der Waals surface area contributed by atoms with Crippen LogP contribution in [0, 0.1) is 5.92 Å². The second kappa shape index (κ2) is 10.3. The molecule has 0 bridgehead atoms. The summed E-state index contributed by atoms with van der Waals surface area (Å²) in [6, 6.07) is 12.1. The number of hydrogen-bond donors (Lipinski definition) is 1. The van der Waals surface area contributed by atoms with Gasteiger partial charge in [-0.2, -0.15) is 8.61 Å². The summed E-state index contributed by atoms with van der Waals surface area (Å²) in [4.78, 5) is 13.2. The van der Waals surface area contributed by atoms with E-state index in [4.69, 9.17) is 11.6 Å². The van der Waals surface area contributed by atoms with Crippen LogP contribution in [0.1, 0.15) is 32.1 Å². The average Bonchev–Trinajstić information content (AvgIpc) is 2.85. The lowest BCUT2D eigenvalue weighted by Crippen LogP contribution is -2.43. The Kier molecular flexibility index (Phi) is 7.63. The van der Waals surface area contributed by atoms with Gasteiger partial charge < -0.3 is 5.32 Å². The molecular formula is C23H28ClN3O5S2. The Labute approximate surface area is 206 Å². The molecule has 4 rings (SSSR count). The highest BCUT2D eigenvalue weighted by Gasteiger charge is 2.33. The number of anilines is 1. The normalized spacial score (nSPS) is 20.7. The minimum Gasteiger partial charge on any atom is -0.326 e. The minimum atomic E-state index is -3.73. The van der Waals surface area contributed by atoms with Crippen LogP contribution in [0.3, 0.4) is 0 Å². The number of rotatable bonds is 6. The smallest absolute Gasteiger partial charge is 0.243 e. The van der Waals surface area contributed by atoms with Gasteiger partial charge in [-0.3, -0.25) is 4.79 Å². The Morgan fingerprint density at radius 1 is 0.765 bits per heavy atom. The zero-order valence-corrected chi connectivity index (χ0v) is 21.1. The van der Waals surface area contributed by atoms with E-state index < -0.39 is 26.0 Å². The molecule has 184 valence electrons. The Hall–Kier alpha value is -1.98. The lowest BCUT2D eigenvalue weighted by atomic mass is 9.99. The van der Waals surface area contributed by atoms with E-state index in [1.165, 1.54) is 45.0 Å². The van der Waals surface area contributed by atoms with E-state index >= 15 is 0 Å². The fourth-order valence-electron chi connectivity index (χ4n) is 4.34. The van der Waals surface area contributed by atoms with Crippen LogP contribution in [0.15, 0.2) is 58.3 Å². The van der Waals surface area contributed by atoms with E-state index in [1.54, 1.807) is 12.1 Å². The van der Waals surface area contributed by atoms with E-state index in [-0.39, 0.29) is 22.2 Å². The molecule has 1 atom stereocenters. The van der Waals surface area contributed by atoms with Crippen LogP contribution < -0.4 is 5.32 Å². The molecule has 1 amide bonds. The van der Waals surface area contributed by atoms with Crippen LogP contribution in [0.25, 0.3) is 0 Å². The number of piperidine rings is 2. The van der Waals surface area contributed by atoms with Crippen molar-refractivity contribution >= 4 is 43.2 Å². The fraction of sp³-hybridized carbons (Fsp3) is 0.435. The van der Waals surface area contributed by atoms with Gasteiger partial charge in [0.1, 0.15) is 0 Å². The van der Waals surface area contributed by atoms with Gasteiger partial charge in [0.25, 0.3) is 0 Å². The molecule has 0 saturated carbocycles. The summed E-state index contributed by atoms with van der Waals surface area (Å²) in [5, 5.41) is 3.25. The van der Waals surface area contributed by atoms with E-state index in [1.807, 2.05) is 0 Å². The highest BCUT2D eigenvalue weighted by Crippen LogP contribution is 2.26. The molecule has 2 saturated heterocycles. The van der Waals surface area contributed by atoms with Gasteiger partial charge in [-0.25, -0.2) is 16.8 Å². The van der Waals surface area contributed by atoms with Gasteiger partial charge >= 0.3 is 0 Å². The number of nitrogens with zero attached hydrogens (tertiary/aromatic N) is 2. The van der Waals surface area contributed by atoms with Crippen molar-refractivity contribution < 1.29 is 21.6 Å². The zero-order chi connectivity index (χ0) is 24.3. The SMILES string of the molecule is O=C(Nc1ccc(S(=O)(=O)N2CCCCC2)cc1)[C@H]1CCCN(S(=O)(=O)c2ccc(Cl)cc2)C1. The van der Waals surface area contributed by atoms with Gasteiger partial charge in [-0.1, -0.05) is 18.0 Å². The molecule has 2 aromatic carbocycles. The first-order valence-electron chi connectivity index (χ1n) is 11.3. The predicted molar refractivity (Wildman–Crippen MR) is 131 cm³/mol. The molecule has 0 spiro atoms. The van der Waals surface area contributed by atoms with E-state index in [0.717, 1.165) is 19.3 Å². The summed E-state index contributed by atoms with van der Waals surface area (Å²) < 4.78 is 54.4. The third kappa shape index (κ3) is 5.46. The molecule has 34 heavy (non-hydrogen) atoms. The molecule has 11 heteroatoms. The van der Waals surface area contributed by atoms with Crippen molar-refractivity contribution in [3.8, 4) is 0 Å². The second-order valence-corrected chi connectivity index (χ2v) is 12.9. The Bertz CT molecular complexity index is 1230. The molecule has 2 aliphatic heterocycles. The quantitative estimate of drug-likeness (QED) is 0.621. The number of halogens is 1. The maximum Gasteiger partial charge on any atom is 0.243 e. The summed E-state index contributed by atoms with van der Waals surface area (Å²) in [7, 11) is -7.27. The first kappa shape index (κ1) is 25.1. The zero-order valence-electron chi connectivity index (χ0n) is 18.7. The first-order valence-corrected chi connectivity index (χ1v) is 14.6. The summed E-state index contributed by atoms with van der Waals surface area (Å²) in [6.45, 7) is 1.48.